The fraction of sp³-hybridized carbons (Fsp3) is 0.571. The first-order valence-corrected chi connectivity index (χ1v) is 8.31. The number of piperidine rings is 1. The minimum Gasteiger partial charge on any atom is -0.303 e. The Labute approximate surface area is 115 Å². The number of hydrogen-bond donors (Lipinski definition) is 1. The Morgan fingerprint density at radius 2 is 1.89 bits per heavy atom. The molecule has 0 saturated carbocycles. The van der Waals surface area contributed by atoms with Gasteiger partial charge in [0.25, 0.3) is 0 Å². The molecule has 19 heavy (non-hydrogen) atoms. The van der Waals surface area contributed by atoms with Gasteiger partial charge >= 0.3 is 0 Å². The van der Waals surface area contributed by atoms with Crippen molar-refractivity contribution >= 4 is 10.0 Å². The van der Waals surface area contributed by atoms with E-state index in [1.165, 1.54) is 0 Å². The molecular formula is C14H22N2O2S. The Hall–Kier alpha value is -0.910. The van der Waals surface area contributed by atoms with Gasteiger partial charge in [0.1, 0.15) is 0 Å². The first-order chi connectivity index (χ1) is 9.03. The zero-order valence-electron chi connectivity index (χ0n) is 11.6. The largest absolute Gasteiger partial charge is 0.303 e. The van der Waals surface area contributed by atoms with Crippen LogP contribution in [0.4, 0.5) is 0 Å². The van der Waals surface area contributed by atoms with Crippen molar-refractivity contribution in [1.82, 2.24) is 9.62 Å². The van der Waals surface area contributed by atoms with E-state index >= 15 is 0 Å². The topological polar surface area (TPSA) is 49.4 Å². The second-order valence-electron chi connectivity index (χ2n) is 5.10. The lowest BCUT2D eigenvalue weighted by Gasteiger charge is -2.31. The molecule has 5 heteroatoms. The van der Waals surface area contributed by atoms with Crippen molar-refractivity contribution in [1.29, 1.82) is 0 Å². The lowest BCUT2D eigenvalue weighted by atomic mass is 10.1. The van der Waals surface area contributed by atoms with E-state index in [9.17, 15) is 8.42 Å². The summed E-state index contributed by atoms with van der Waals surface area (Å²) < 4.78 is 27.5. The molecule has 1 saturated heterocycles. The van der Waals surface area contributed by atoms with Crippen molar-refractivity contribution in [2.75, 3.05) is 19.6 Å². The van der Waals surface area contributed by atoms with Crippen molar-refractivity contribution < 1.29 is 8.42 Å². The third-order valence-corrected chi connectivity index (χ3v) is 5.42. The Morgan fingerprint density at radius 1 is 1.26 bits per heavy atom. The Morgan fingerprint density at radius 3 is 2.47 bits per heavy atom. The minimum atomic E-state index is -3.38. The van der Waals surface area contributed by atoms with E-state index in [0.717, 1.165) is 38.0 Å². The van der Waals surface area contributed by atoms with Gasteiger partial charge in [-0.2, -0.15) is 0 Å². The maximum absolute atomic E-state index is 12.3. The van der Waals surface area contributed by atoms with E-state index in [0.29, 0.717) is 4.90 Å². The molecule has 0 spiro atoms. The molecule has 1 fully saturated rings. The summed E-state index contributed by atoms with van der Waals surface area (Å²) in [6, 6.07) is 7.18. The fourth-order valence-electron chi connectivity index (χ4n) is 2.51. The SMILES string of the molecule is CCN1CCC(NS(=O)(=O)c2ccccc2C)CC1. The average molecular weight is 282 g/mol. The first-order valence-electron chi connectivity index (χ1n) is 6.83. The van der Waals surface area contributed by atoms with Gasteiger partial charge in [0, 0.05) is 6.04 Å². The minimum absolute atomic E-state index is 0.0624. The molecule has 1 aliphatic heterocycles. The highest BCUT2D eigenvalue weighted by Crippen LogP contribution is 2.17. The number of nitrogens with one attached hydrogen (secondary N) is 1. The van der Waals surface area contributed by atoms with Gasteiger partial charge in [0.05, 0.1) is 4.90 Å². The summed E-state index contributed by atoms with van der Waals surface area (Å²) >= 11 is 0. The monoisotopic (exact) mass is 282 g/mol. The van der Waals surface area contributed by atoms with Crippen molar-refractivity contribution in [3.05, 3.63) is 29.8 Å². The third kappa shape index (κ3) is 3.55. The Bertz CT molecular complexity index is 520. The van der Waals surface area contributed by atoms with E-state index in [1.54, 1.807) is 12.1 Å². The number of rotatable bonds is 4. The van der Waals surface area contributed by atoms with Gasteiger partial charge in [-0.1, -0.05) is 25.1 Å². The van der Waals surface area contributed by atoms with Crippen LogP contribution in [0.15, 0.2) is 29.2 Å². The van der Waals surface area contributed by atoms with Crippen molar-refractivity contribution in [2.45, 2.75) is 37.6 Å². The zero-order valence-corrected chi connectivity index (χ0v) is 12.4. The molecule has 1 aliphatic rings. The molecular weight excluding hydrogens is 260 g/mol. The van der Waals surface area contributed by atoms with Crippen molar-refractivity contribution in [3.63, 3.8) is 0 Å². The molecule has 0 aromatic heterocycles. The summed E-state index contributed by atoms with van der Waals surface area (Å²) in [5.74, 6) is 0. The van der Waals surface area contributed by atoms with Gasteiger partial charge in [0.2, 0.25) is 10.0 Å². The van der Waals surface area contributed by atoms with E-state index in [2.05, 4.69) is 16.5 Å². The van der Waals surface area contributed by atoms with Crippen LogP contribution in [0.3, 0.4) is 0 Å². The van der Waals surface area contributed by atoms with Crippen LogP contribution in [-0.2, 0) is 10.0 Å². The van der Waals surface area contributed by atoms with Gasteiger partial charge in [-0.15, -0.1) is 0 Å². The lowest BCUT2D eigenvalue weighted by Crippen LogP contribution is -2.44. The van der Waals surface area contributed by atoms with Crippen LogP contribution < -0.4 is 4.72 Å². The van der Waals surface area contributed by atoms with Gasteiger partial charge in [-0.3, -0.25) is 0 Å². The van der Waals surface area contributed by atoms with Crippen LogP contribution in [0.5, 0.6) is 0 Å². The zero-order chi connectivity index (χ0) is 13.9. The first kappa shape index (κ1) is 14.5. The third-order valence-electron chi connectivity index (χ3n) is 3.74. The van der Waals surface area contributed by atoms with Gasteiger partial charge in [0.15, 0.2) is 0 Å². The standard InChI is InChI=1S/C14H22N2O2S/c1-3-16-10-8-13(9-11-16)15-19(17,18)14-7-5-4-6-12(14)2/h4-7,13,15H,3,8-11H2,1-2H3. The van der Waals surface area contributed by atoms with Crippen LogP contribution in [0.25, 0.3) is 0 Å². The van der Waals surface area contributed by atoms with E-state index in [-0.39, 0.29) is 6.04 Å². The molecule has 0 bridgehead atoms. The van der Waals surface area contributed by atoms with Gasteiger partial charge in [-0.05, 0) is 51.0 Å². The summed E-state index contributed by atoms with van der Waals surface area (Å²) in [4.78, 5) is 2.74. The molecule has 4 nitrogen and oxygen atoms in total. The lowest BCUT2D eigenvalue weighted by molar-refractivity contribution is 0.217. The predicted octanol–water partition coefficient (Wildman–Crippen LogP) is 1.76. The molecule has 0 unspecified atom stereocenters. The summed E-state index contributed by atoms with van der Waals surface area (Å²) in [6.45, 7) is 6.94. The second kappa shape index (κ2) is 6.03. The van der Waals surface area contributed by atoms with Crippen molar-refractivity contribution in [3.8, 4) is 0 Å². The number of likely N-dealkylation sites (tertiary alicyclic amines) is 1. The van der Waals surface area contributed by atoms with Crippen molar-refractivity contribution in [2.24, 2.45) is 0 Å². The number of hydrogen-bond acceptors (Lipinski definition) is 3. The molecule has 0 amide bonds. The highest BCUT2D eigenvalue weighted by molar-refractivity contribution is 7.89. The number of sulfonamides is 1. The molecule has 106 valence electrons. The molecule has 1 N–H and O–H groups in total. The summed E-state index contributed by atoms with van der Waals surface area (Å²) in [6.07, 6.45) is 1.78. The maximum atomic E-state index is 12.3. The molecule has 1 aromatic carbocycles. The molecule has 0 radical (unpaired) electrons. The van der Waals surface area contributed by atoms with E-state index in [4.69, 9.17) is 0 Å². The predicted molar refractivity (Wildman–Crippen MR) is 76.6 cm³/mol. The molecule has 2 rings (SSSR count). The fourth-order valence-corrected chi connectivity index (χ4v) is 4.06. The van der Waals surface area contributed by atoms with E-state index in [1.807, 2.05) is 19.1 Å². The summed E-state index contributed by atoms with van der Waals surface area (Å²) in [7, 11) is -3.38. The van der Waals surface area contributed by atoms with Gasteiger partial charge < -0.3 is 4.90 Å². The van der Waals surface area contributed by atoms with E-state index < -0.39 is 10.0 Å². The smallest absolute Gasteiger partial charge is 0.241 e. The summed E-state index contributed by atoms with van der Waals surface area (Å²) in [5.41, 5.74) is 0.793. The number of nitrogens with zero attached hydrogens (tertiary/aromatic N) is 1. The highest BCUT2D eigenvalue weighted by Gasteiger charge is 2.24. The highest BCUT2D eigenvalue weighted by atomic mass is 32.2. The second-order valence-corrected chi connectivity index (χ2v) is 6.78. The van der Waals surface area contributed by atoms with Gasteiger partial charge in [-0.25, -0.2) is 13.1 Å². The Kier molecular flexibility index (Phi) is 4.60. The molecule has 0 aliphatic carbocycles. The molecule has 0 atom stereocenters. The maximum Gasteiger partial charge on any atom is 0.241 e. The van der Waals surface area contributed by atoms with Crippen LogP contribution in [0.2, 0.25) is 0 Å². The number of aryl methyl sites for hydroxylation is 1. The number of benzene rings is 1. The molecule has 1 aromatic rings. The quantitative estimate of drug-likeness (QED) is 0.915. The molecule has 1 heterocycles. The normalized spacial score (nSPS) is 18.6. The average Bonchev–Trinajstić information content (AvgIpc) is 2.39. The van der Waals surface area contributed by atoms with Crippen LogP contribution in [0, 0.1) is 6.92 Å². The van der Waals surface area contributed by atoms with Crippen LogP contribution in [-0.4, -0.2) is 39.0 Å². The van der Waals surface area contributed by atoms with Crippen LogP contribution >= 0.6 is 0 Å². The van der Waals surface area contributed by atoms with Crippen LogP contribution in [0.1, 0.15) is 25.3 Å². The Balaban J connectivity index is 2.05. The summed E-state index contributed by atoms with van der Waals surface area (Å²) in [5, 5.41) is 0.